The van der Waals surface area contributed by atoms with Crippen LogP contribution in [0.3, 0.4) is 0 Å². The van der Waals surface area contributed by atoms with Gasteiger partial charge in [-0.15, -0.1) is 0 Å². The first-order chi connectivity index (χ1) is 17.4. The molecule has 0 aromatic heterocycles. The van der Waals surface area contributed by atoms with Crippen LogP contribution in [0.2, 0.25) is 0 Å². The predicted molar refractivity (Wildman–Crippen MR) is 123 cm³/mol. The maximum absolute atomic E-state index is 12.4. The van der Waals surface area contributed by atoms with Crippen molar-refractivity contribution in [3.63, 3.8) is 0 Å². The van der Waals surface area contributed by atoms with Crippen LogP contribution in [0.15, 0.2) is 30.3 Å². The van der Waals surface area contributed by atoms with Crippen molar-refractivity contribution in [2.75, 3.05) is 6.61 Å². The summed E-state index contributed by atoms with van der Waals surface area (Å²) in [6.07, 6.45) is -7.18. The first kappa shape index (κ1) is 30.9. The van der Waals surface area contributed by atoms with E-state index >= 15 is 0 Å². The van der Waals surface area contributed by atoms with Gasteiger partial charge >= 0.3 is 35.9 Å². The summed E-state index contributed by atoms with van der Waals surface area (Å²) in [7, 11) is 0. The van der Waals surface area contributed by atoms with Crippen LogP contribution in [0, 0.1) is 0 Å². The smallest absolute Gasteiger partial charge is 0.410 e. The Labute approximate surface area is 213 Å². The third-order valence-electron chi connectivity index (χ3n) is 4.37. The number of benzene rings is 1. The van der Waals surface area contributed by atoms with E-state index in [-0.39, 0.29) is 6.61 Å². The second-order valence-electron chi connectivity index (χ2n) is 7.71. The van der Waals surface area contributed by atoms with Crippen molar-refractivity contribution < 1.29 is 57.2 Å². The average Bonchev–Trinajstić information content (AvgIpc) is 2.78. The molecule has 0 saturated heterocycles. The topological polar surface area (TPSA) is 170 Å². The Hall–Kier alpha value is -4.16. The summed E-state index contributed by atoms with van der Waals surface area (Å²) in [6, 6.07) is 8.77. The fourth-order valence-corrected chi connectivity index (χ4v) is 3.10. The van der Waals surface area contributed by atoms with E-state index in [1.54, 1.807) is 30.3 Å². The van der Waals surface area contributed by atoms with Crippen molar-refractivity contribution >= 4 is 35.9 Å². The Morgan fingerprint density at radius 3 is 1.73 bits per heavy atom. The van der Waals surface area contributed by atoms with Crippen molar-refractivity contribution in [2.24, 2.45) is 0 Å². The minimum atomic E-state index is -1.51. The molecule has 1 aromatic carbocycles. The Morgan fingerprint density at radius 1 is 0.676 bits per heavy atom. The summed E-state index contributed by atoms with van der Waals surface area (Å²) in [5.74, 6) is -4.00. The largest absolute Gasteiger partial charge is 0.462 e. The number of amides is 1. The molecule has 204 valence electrons. The highest BCUT2D eigenvalue weighted by molar-refractivity contribution is 5.70. The molecule has 4 atom stereocenters. The van der Waals surface area contributed by atoms with E-state index in [0.29, 0.717) is 5.56 Å². The van der Waals surface area contributed by atoms with Crippen LogP contribution in [-0.2, 0) is 59.0 Å². The molecule has 0 radical (unpaired) electrons. The third kappa shape index (κ3) is 13.5. The van der Waals surface area contributed by atoms with E-state index in [1.165, 1.54) is 0 Å². The highest BCUT2D eigenvalue weighted by Crippen LogP contribution is 2.20. The van der Waals surface area contributed by atoms with Crippen LogP contribution in [0.5, 0.6) is 0 Å². The second kappa shape index (κ2) is 15.8. The maximum Gasteiger partial charge on any atom is 0.410 e. The lowest BCUT2D eigenvalue weighted by Gasteiger charge is -2.33. The van der Waals surface area contributed by atoms with E-state index in [1.807, 2.05) is 0 Å². The first-order valence-electron chi connectivity index (χ1n) is 11.2. The molecule has 1 N–H and O–H groups in total. The van der Waals surface area contributed by atoms with Gasteiger partial charge in [-0.05, 0) is 5.56 Å². The number of nitrogens with one attached hydrogen (secondary N) is 1. The van der Waals surface area contributed by atoms with Gasteiger partial charge in [-0.2, -0.15) is 0 Å². The SMILES string of the molecule is CC(=O)OCC(OC(C)=O)C(OC(C)=O)C(CC(NC(=O)OCc1ccccc1)OC(C)=O)OC(C)=O. The molecular formula is C24H31NO12. The van der Waals surface area contributed by atoms with Gasteiger partial charge in [-0.1, -0.05) is 30.3 Å². The van der Waals surface area contributed by atoms with E-state index in [9.17, 15) is 28.8 Å². The van der Waals surface area contributed by atoms with Gasteiger partial charge in [0.15, 0.2) is 18.4 Å². The number of carbonyl (C=O) groups is 6. The monoisotopic (exact) mass is 525 g/mol. The molecule has 0 aliphatic rings. The van der Waals surface area contributed by atoms with E-state index < -0.39 is 73.5 Å². The Balaban J connectivity index is 3.18. The maximum atomic E-state index is 12.4. The molecule has 0 fully saturated rings. The number of ether oxygens (including phenoxy) is 6. The number of alkyl carbamates (subject to hydrolysis) is 1. The van der Waals surface area contributed by atoms with Gasteiger partial charge in [-0.3, -0.25) is 29.3 Å². The zero-order chi connectivity index (χ0) is 28.0. The molecule has 1 amide bonds. The van der Waals surface area contributed by atoms with Crippen LogP contribution in [0.25, 0.3) is 0 Å². The van der Waals surface area contributed by atoms with Crippen molar-refractivity contribution in [3.05, 3.63) is 35.9 Å². The molecule has 0 bridgehead atoms. The van der Waals surface area contributed by atoms with Gasteiger partial charge in [0.1, 0.15) is 19.3 Å². The third-order valence-corrected chi connectivity index (χ3v) is 4.37. The van der Waals surface area contributed by atoms with Crippen LogP contribution in [0.4, 0.5) is 4.79 Å². The Kier molecular flexibility index (Phi) is 13.1. The van der Waals surface area contributed by atoms with E-state index in [4.69, 9.17) is 28.4 Å². The molecule has 0 heterocycles. The van der Waals surface area contributed by atoms with Crippen LogP contribution in [-0.4, -0.2) is 67.1 Å². The fraction of sp³-hybridized carbons (Fsp3) is 0.500. The number of rotatable bonds is 13. The molecule has 1 aromatic rings. The zero-order valence-electron chi connectivity index (χ0n) is 21.2. The van der Waals surface area contributed by atoms with Crippen molar-refractivity contribution in [3.8, 4) is 0 Å². The lowest BCUT2D eigenvalue weighted by molar-refractivity contribution is -0.192. The standard InChI is InChI=1S/C24H31NO12/c1-14(26)32-13-21(35-16(3)28)23(37-18(5)30)20(34-15(2)27)11-22(36-17(4)29)25-24(31)33-12-19-9-7-6-8-10-19/h6-10,20-23H,11-13H2,1-5H3,(H,25,31). The first-order valence-corrected chi connectivity index (χ1v) is 11.2. The van der Waals surface area contributed by atoms with Gasteiger partial charge in [0.2, 0.25) is 0 Å². The molecule has 0 aliphatic heterocycles. The summed E-state index contributed by atoms with van der Waals surface area (Å²) in [5.41, 5.74) is 0.698. The van der Waals surface area contributed by atoms with Gasteiger partial charge in [-0.25, -0.2) is 4.79 Å². The Bertz CT molecular complexity index is 948. The van der Waals surface area contributed by atoms with E-state index in [0.717, 1.165) is 34.6 Å². The van der Waals surface area contributed by atoms with Crippen LogP contribution < -0.4 is 5.32 Å². The fourth-order valence-electron chi connectivity index (χ4n) is 3.10. The number of hydrogen-bond acceptors (Lipinski definition) is 12. The highest BCUT2D eigenvalue weighted by atomic mass is 16.6. The molecule has 1 rings (SSSR count). The summed E-state index contributed by atoms with van der Waals surface area (Å²) >= 11 is 0. The quantitative estimate of drug-likeness (QED) is 0.224. The molecule has 13 nitrogen and oxygen atoms in total. The minimum absolute atomic E-state index is 0.0835. The van der Waals surface area contributed by atoms with Gasteiger partial charge in [0, 0.05) is 41.0 Å². The van der Waals surface area contributed by atoms with Crippen molar-refractivity contribution in [1.82, 2.24) is 5.32 Å². The number of hydrogen-bond donors (Lipinski definition) is 1. The molecule has 13 heteroatoms. The molecule has 37 heavy (non-hydrogen) atoms. The lowest BCUT2D eigenvalue weighted by atomic mass is 10.0. The average molecular weight is 526 g/mol. The molecule has 0 aliphatic carbocycles. The highest BCUT2D eigenvalue weighted by Gasteiger charge is 2.40. The summed E-state index contributed by atoms with van der Waals surface area (Å²) in [5, 5.41) is 2.33. The van der Waals surface area contributed by atoms with Gasteiger partial charge < -0.3 is 28.4 Å². The van der Waals surface area contributed by atoms with Crippen LogP contribution >= 0.6 is 0 Å². The summed E-state index contributed by atoms with van der Waals surface area (Å²) in [4.78, 5) is 70.8. The predicted octanol–water partition coefficient (Wildman–Crippen LogP) is 1.55. The van der Waals surface area contributed by atoms with Crippen molar-refractivity contribution in [2.45, 2.75) is 72.2 Å². The zero-order valence-corrected chi connectivity index (χ0v) is 21.2. The number of esters is 5. The minimum Gasteiger partial charge on any atom is -0.462 e. The molecule has 0 spiro atoms. The van der Waals surface area contributed by atoms with Gasteiger partial charge in [0.05, 0.1) is 0 Å². The summed E-state index contributed by atoms with van der Waals surface area (Å²) in [6.45, 7) is 4.74. The van der Waals surface area contributed by atoms with Crippen LogP contribution in [0.1, 0.15) is 46.6 Å². The van der Waals surface area contributed by atoms with Gasteiger partial charge in [0.25, 0.3) is 0 Å². The second-order valence-corrected chi connectivity index (χ2v) is 7.71. The normalized spacial score (nSPS) is 13.5. The molecular weight excluding hydrogens is 494 g/mol. The molecule has 4 unspecified atom stereocenters. The molecule has 0 saturated carbocycles. The van der Waals surface area contributed by atoms with Crippen molar-refractivity contribution in [1.29, 1.82) is 0 Å². The number of carbonyl (C=O) groups excluding carboxylic acids is 6. The van der Waals surface area contributed by atoms with E-state index in [2.05, 4.69) is 5.32 Å². The Morgan fingerprint density at radius 2 is 1.22 bits per heavy atom. The summed E-state index contributed by atoms with van der Waals surface area (Å²) < 4.78 is 30.8. The lowest BCUT2D eigenvalue weighted by Crippen LogP contribution is -2.51.